The van der Waals surface area contributed by atoms with Crippen molar-refractivity contribution < 1.29 is 9.72 Å². The van der Waals surface area contributed by atoms with E-state index >= 15 is 0 Å². The number of carbonyl (C=O) groups is 1. The lowest BCUT2D eigenvalue weighted by molar-refractivity contribution is -0.384. The van der Waals surface area contributed by atoms with Gasteiger partial charge < -0.3 is 20.0 Å². The molecule has 1 N–H and O–H groups in total. The Balaban J connectivity index is 1.37. The summed E-state index contributed by atoms with van der Waals surface area (Å²) in [5.41, 5.74) is 2.20. The molecular weight excluding hydrogens is 370 g/mol. The van der Waals surface area contributed by atoms with Gasteiger partial charge in [0, 0.05) is 69.8 Å². The number of nitro groups is 1. The molecule has 154 valence electrons. The van der Waals surface area contributed by atoms with E-state index in [4.69, 9.17) is 0 Å². The van der Waals surface area contributed by atoms with E-state index in [0.29, 0.717) is 32.7 Å². The van der Waals surface area contributed by atoms with Crippen molar-refractivity contribution in [3.05, 3.63) is 64.7 Å². The Bertz CT molecular complexity index is 805. The number of benzene rings is 2. The third-order valence-electron chi connectivity index (χ3n) is 5.14. The number of piperazine rings is 1. The van der Waals surface area contributed by atoms with Crippen molar-refractivity contribution >= 4 is 23.1 Å². The molecule has 0 saturated carbocycles. The summed E-state index contributed by atoms with van der Waals surface area (Å²) >= 11 is 0. The second-order valence-electron chi connectivity index (χ2n) is 7.09. The maximum absolute atomic E-state index is 12.4. The van der Waals surface area contributed by atoms with Crippen LogP contribution < -0.4 is 15.1 Å². The van der Waals surface area contributed by atoms with Crippen LogP contribution in [0.15, 0.2) is 54.6 Å². The minimum absolute atomic E-state index is 0.0317. The van der Waals surface area contributed by atoms with E-state index in [-0.39, 0.29) is 11.7 Å². The Kier molecular flexibility index (Phi) is 6.89. The summed E-state index contributed by atoms with van der Waals surface area (Å²) < 4.78 is 0. The maximum atomic E-state index is 12.4. The van der Waals surface area contributed by atoms with Crippen molar-refractivity contribution in [1.29, 1.82) is 0 Å². The lowest BCUT2D eigenvalue weighted by Crippen LogP contribution is -2.52. The second kappa shape index (κ2) is 9.77. The summed E-state index contributed by atoms with van der Waals surface area (Å²) in [4.78, 5) is 28.9. The number of nitrogens with one attached hydrogen (secondary N) is 1. The molecule has 1 aliphatic heterocycles. The fourth-order valence-corrected chi connectivity index (χ4v) is 3.39. The number of nitro benzene ring substituents is 1. The molecule has 8 heteroatoms. The van der Waals surface area contributed by atoms with Crippen LogP contribution in [0.25, 0.3) is 0 Å². The molecule has 2 aromatic carbocycles. The summed E-state index contributed by atoms with van der Waals surface area (Å²) in [7, 11) is 2.05. The van der Waals surface area contributed by atoms with Crippen LogP contribution >= 0.6 is 0 Å². The topological polar surface area (TPSA) is 82.0 Å². The van der Waals surface area contributed by atoms with E-state index in [1.54, 1.807) is 12.1 Å². The molecule has 1 aliphatic rings. The van der Waals surface area contributed by atoms with Crippen LogP contribution in [-0.2, 0) is 0 Å². The van der Waals surface area contributed by atoms with Gasteiger partial charge in [-0.2, -0.15) is 0 Å². The maximum Gasteiger partial charge on any atom is 0.317 e. The predicted molar refractivity (Wildman–Crippen MR) is 115 cm³/mol. The Morgan fingerprint density at radius 2 is 1.72 bits per heavy atom. The van der Waals surface area contributed by atoms with E-state index in [9.17, 15) is 14.9 Å². The molecule has 1 saturated heterocycles. The number of amides is 2. The highest BCUT2D eigenvalue weighted by molar-refractivity contribution is 5.74. The van der Waals surface area contributed by atoms with Crippen molar-refractivity contribution in [3.63, 3.8) is 0 Å². The van der Waals surface area contributed by atoms with E-state index in [1.807, 2.05) is 23.1 Å². The van der Waals surface area contributed by atoms with Gasteiger partial charge in [-0.05, 0) is 30.7 Å². The first-order chi connectivity index (χ1) is 14.0. The Morgan fingerprint density at radius 3 is 2.34 bits per heavy atom. The van der Waals surface area contributed by atoms with Gasteiger partial charge in [-0.3, -0.25) is 10.1 Å². The number of hydrogen-bond donors (Lipinski definition) is 1. The van der Waals surface area contributed by atoms with E-state index in [2.05, 4.69) is 34.3 Å². The highest BCUT2D eigenvalue weighted by Gasteiger charge is 2.21. The minimum atomic E-state index is -0.399. The lowest BCUT2D eigenvalue weighted by Gasteiger charge is -2.36. The van der Waals surface area contributed by atoms with E-state index < -0.39 is 4.92 Å². The van der Waals surface area contributed by atoms with Gasteiger partial charge in [-0.25, -0.2) is 4.79 Å². The number of rotatable bonds is 7. The van der Waals surface area contributed by atoms with Gasteiger partial charge in [0.25, 0.3) is 5.69 Å². The minimum Gasteiger partial charge on any atom is -0.375 e. The molecule has 1 fully saturated rings. The molecule has 2 aromatic rings. The SMILES string of the molecule is CN(CCCNC(=O)N1CCN(c2ccc([N+](=O)[O-])cc2)CC1)c1ccccc1. The average Bonchev–Trinajstić information content (AvgIpc) is 2.77. The molecule has 0 atom stereocenters. The monoisotopic (exact) mass is 397 g/mol. The first kappa shape index (κ1) is 20.4. The van der Waals surface area contributed by atoms with Crippen molar-refractivity contribution in [2.45, 2.75) is 6.42 Å². The highest BCUT2D eigenvalue weighted by atomic mass is 16.6. The molecule has 0 spiro atoms. The van der Waals surface area contributed by atoms with Crippen LogP contribution in [0, 0.1) is 10.1 Å². The van der Waals surface area contributed by atoms with Crippen LogP contribution in [0.4, 0.5) is 21.9 Å². The van der Waals surface area contributed by atoms with Crippen molar-refractivity contribution in [2.24, 2.45) is 0 Å². The molecule has 29 heavy (non-hydrogen) atoms. The summed E-state index contributed by atoms with van der Waals surface area (Å²) in [6.07, 6.45) is 0.875. The van der Waals surface area contributed by atoms with Crippen molar-refractivity contribution in [3.8, 4) is 0 Å². The number of anilines is 2. The normalized spacial score (nSPS) is 13.8. The van der Waals surface area contributed by atoms with Crippen LogP contribution in [0.2, 0.25) is 0 Å². The molecule has 2 amide bonds. The van der Waals surface area contributed by atoms with Gasteiger partial charge in [0.05, 0.1) is 4.92 Å². The first-order valence-corrected chi connectivity index (χ1v) is 9.83. The van der Waals surface area contributed by atoms with Gasteiger partial charge in [-0.1, -0.05) is 18.2 Å². The van der Waals surface area contributed by atoms with Gasteiger partial charge in [0.15, 0.2) is 0 Å². The zero-order valence-corrected chi connectivity index (χ0v) is 16.7. The fraction of sp³-hybridized carbons (Fsp3) is 0.381. The Morgan fingerprint density at radius 1 is 1.07 bits per heavy atom. The molecule has 8 nitrogen and oxygen atoms in total. The zero-order chi connectivity index (χ0) is 20.6. The Labute approximate surface area is 170 Å². The summed E-state index contributed by atoms with van der Waals surface area (Å²) in [5.74, 6) is 0. The molecule has 0 aliphatic carbocycles. The zero-order valence-electron chi connectivity index (χ0n) is 16.7. The van der Waals surface area contributed by atoms with Crippen LogP contribution in [0.5, 0.6) is 0 Å². The summed E-state index contributed by atoms with van der Waals surface area (Å²) in [6, 6.07) is 16.7. The van der Waals surface area contributed by atoms with Gasteiger partial charge in [0.1, 0.15) is 0 Å². The van der Waals surface area contributed by atoms with E-state index in [0.717, 1.165) is 18.7 Å². The number of para-hydroxylation sites is 1. The second-order valence-corrected chi connectivity index (χ2v) is 7.09. The standard InChI is InChI=1S/C21H27N5O3/c1-23(18-6-3-2-4-7-18)13-5-12-22-21(27)25-16-14-24(15-17-25)19-8-10-20(11-9-19)26(28)29/h2-4,6-11H,5,12-17H2,1H3,(H,22,27). The van der Waals surface area contributed by atoms with Gasteiger partial charge >= 0.3 is 6.03 Å². The first-order valence-electron chi connectivity index (χ1n) is 9.83. The third-order valence-corrected chi connectivity index (χ3v) is 5.14. The largest absolute Gasteiger partial charge is 0.375 e. The number of urea groups is 1. The van der Waals surface area contributed by atoms with Crippen molar-refractivity contribution in [2.75, 3.05) is 56.1 Å². The quantitative estimate of drug-likeness (QED) is 0.441. The number of non-ortho nitro benzene ring substituents is 1. The molecule has 0 bridgehead atoms. The fourth-order valence-electron chi connectivity index (χ4n) is 3.39. The van der Waals surface area contributed by atoms with Crippen LogP contribution in [-0.4, -0.2) is 62.2 Å². The van der Waals surface area contributed by atoms with Crippen molar-refractivity contribution in [1.82, 2.24) is 10.2 Å². The molecule has 0 aromatic heterocycles. The lowest BCUT2D eigenvalue weighted by atomic mass is 10.2. The summed E-state index contributed by atoms with van der Waals surface area (Å²) in [6.45, 7) is 4.19. The van der Waals surface area contributed by atoms with Gasteiger partial charge in [-0.15, -0.1) is 0 Å². The Hall–Kier alpha value is -3.29. The smallest absolute Gasteiger partial charge is 0.317 e. The number of hydrogen-bond acceptors (Lipinski definition) is 5. The molecule has 0 radical (unpaired) electrons. The van der Waals surface area contributed by atoms with Gasteiger partial charge in [0.2, 0.25) is 0 Å². The molecular formula is C21H27N5O3. The highest BCUT2D eigenvalue weighted by Crippen LogP contribution is 2.20. The molecule has 3 rings (SSSR count). The van der Waals surface area contributed by atoms with E-state index in [1.165, 1.54) is 17.8 Å². The number of nitrogens with zero attached hydrogens (tertiary/aromatic N) is 4. The molecule has 1 heterocycles. The van der Waals surface area contributed by atoms with Crippen LogP contribution in [0.3, 0.4) is 0 Å². The predicted octanol–water partition coefficient (Wildman–Crippen LogP) is 2.95. The third kappa shape index (κ3) is 5.60. The number of carbonyl (C=O) groups excluding carboxylic acids is 1. The average molecular weight is 397 g/mol. The summed E-state index contributed by atoms with van der Waals surface area (Å²) in [5, 5.41) is 13.8. The van der Waals surface area contributed by atoms with Crippen LogP contribution in [0.1, 0.15) is 6.42 Å². The molecule has 0 unspecified atom stereocenters.